The van der Waals surface area contributed by atoms with Crippen LogP contribution in [0, 0.1) is 12.8 Å². The summed E-state index contributed by atoms with van der Waals surface area (Å²) in [6, 6.07) is 10.1. The Balaban J connectivity index is 1.36. The summed E-state index contributed by atoms with van der Waals surface area (Å²) in [5.74, 6) is 1.29. The lowest BCUT2D eigenvalue weighted by Crippen LogP contribution is -2.42. The smallest absolute Gasteiger partial charge is 0.280 e. The van der Waals surface area contributed by atoms with Gasteiger partial charge in [-0.2, -0.15) is 10.1 Å². The number of aromatic nitrogens is 3. The van der Waals surface area contributed by atoms with Crippen molar-refractivity contribution in [2.24, 2.45) is 18.0 Å². The van der Waals surface area contributed by atoms with Crippen LogP contribution in [-0.4, -0.2) is 70.9 Å². The van der Waals surface area contributed by atoms with E-state index in [0.29, 0.717) is 35.6 Å². The Kier molecular flexibility index (Phi) is 7.05. The van der Waals surface area contributed by atoms with Gasteiger partial charge >= 0.3 is 0 Å². The number of guanidine groups is 1. The highest BCUT2D eigenvalue weighted by Gasteiger charge is 2.29. The Bertz CT molecular complexity index is 1410. The predicted octanol–water partition coefficient (Wildman–Crippen LogP) is 3.43. The molecule has 1 amide bonds. The number of pyridine rings is 1. The molecule has 2 aromatic heterocycles. The molecular formula is C29H36N8O2. The van der Waals surface area contributed by atoms with Crippen molar-refractivity contribution in [2.45, 2.75) is 33.2 Å². The lowest BCUT2D eigenvalue weighted by atomic mass is 10.0. The minimum atomic E-state index is -0.308. The third-order valence-corrected chi connectivity index (χ3v) is 7.61. The van der Waals surface area contributed by atoms with Crippen LogP contribution in [0.2, 0.25) is 0 Å². The van der Waals surface area contributed by atoms with E-state index < -0.39 is 0 Å². The largest absolute Gasteiger partial charge is 0.477 e. The molecule has 2 N–H and O–H groups in total. The summed E-state index contributed by atoms with van der Waals surface area (Å²) in [6.07, 6.45) is 3.62. The van der Waals surface area contributed by atoms with E-state index in [1.807, 2.05) is 14.0 Å². The predicted molar refractivity (Wildman–Crippen MR) is 152 cm³/mol. The number of aryl methyl sites for hydroxylation is 2. The number of carbonyl (C=O) groups excluding carboxylic acids is 1. The Morgan fingerprint density at radius 1 is 1.15 bits per heavy atom. The second-order valence-corrected chi connectivity index (χ2v) is 10.8. The highest BCUT2D eigenvalue weighted by Crippen LogP contribution is 2.35. The number of anilines is 2. The first-order chi connectivity index (χ1) is 18.9. The number of fused-ring (bicyclic) bond motifs is 7. The molecular weight excluding hydrogens is 492 g/mol. The molecule has 1 aromatic carbocycles. The maximum Gasteiger partial charge on any atom is 0.280 e. The summed E-state index contributed by atoms with van der Waals surface area (Å²) < 4.78 is 7.91. The number of ether oxygens (including phenoxy) is 1. The zero-order chi connectivity index (χ0) is 26.9. The molecule has 3 aliphatic rings. The number of piperazine rings is 1. The third-order valence-electron chi connectivity index (χ3n) is 7.61. The first-order valence-corrected chi connectivity index (χ1v) is 13.8. The number of carbonyl (C=O) groups is 1. The second-order valence-electron chi connectivity index (χ2n) is 10.8. The minimum absolute atomic E-state index is 0.308. The molecule has 6 rings (SSSR count). The van der Waals surface area contributed by atoms with Crippen molar-refractivity contribution in [3.8, 4) is 17.1 Å². The maximum absolute atomic E-state index is 13.5. The molecule has 204 valence electrons. The number of nitrogens with one attached hydrogen (secondary N) is 2. The molecule has 1 fully saturated rings. The number of amides is 1. The SMILES string of the molecule is Cc1cc2cc(n1)-c1cnn(C)c1OCCC[C@@H](C)CN1/C(=N/C2=O)Nc2ccc(CN3CCNCC3)cc21. The third kappa shape index (κ3) is 5.39. The number of aliphatic imine (C=N–C) groups is 1. The number of hydrogen-bond donors (Lipinski definition) is 2. The fourth-order valence-corrected chi connectivity index (χ4v) is 5.57. The molecule has 2 bridgehead atoms. The molecule has 39 heavy (non-hydrogen) atoms. The van der Waals surface area contributed by atoms with E-state index in [1.165, 1.54) is 5.56 Å². The maximum atomic E-state index is 13.5. The topological polar surface area (TPSA) is 99.9 Å². The van der Waals surface area contributed by atoms with Gasteiger partial charge in [0.25, 0.3) is 5.91 Å². The molecule has 1 saturated heterocycles. The zero-order valence-corrected chi connectivity index (χ0v) is 22.9. The zero-order valence-electron chi connectivity index (χ0n) is 22.9. The first-order valence-electron chi connectivity index (χ1n) is 13.8. The molecule has 10 nitrogen and oxygen atoms in total. The van der Waals surface area contributed by atoms with Crippen molar-refractivity contribution in [1.29, 1.82) is 0 Å². The van der Waals surface area contributed by atoms with Crippen molar-refractivity contribution in [3.05, 3.63) is 53.3 Å². The number of benzene rings is 1. The summed E-state index contributed by atoms with van der Waals surface area (Å²) in [6.45, 7) is 10.5. The number of hydrogen-bond acceptors (Lipinski definition) is 8. The summed E-state index contributed by atoms with van der Waals surface area (Å²) >= 11 is 0. The van der Waals surface area contributed by atoms with Crippen LogP contribution in [0.3, 0.4) is 0 Å². The van der Waals surface area contributed by atoms with Gasteiger partial charge in [-0.15, -0.1) is 0 Å². The highest BCUT2D eigenvalue weighted by atomic mass is 16.5. The Morgan fingerprint density at radius 2 is 2.00 bits per heavy atom. The van der Waals surface area contributed by atoms with Gasteiger partial charge in [-0.25, -0.2) is 4.68 Å². The van der Waals surface area contributed by atoms with Gasteiger partial charge in [0.05, 0.1) is 35.4 Å². The standard InChI is InChI=1S/C29H36N8O2/c1-19-5-4-12-39-28-23(16-31-35(28)3)25-15-22(13-20(2)32-25)27(38)34-29-33-24-7-6-21(14-26(24)37(29)17-19)18-36-10-8-30-9-11-36/h6-7,13-16,19,30H,4-5,8-12,17-18H2,1-3H3,(H,33,34,38)/t19-/m1/s1. The fourth-order valence-electron chi connectivity index (χ4n) is 5.57. The van der Waals surface area contributed by atoms with E-state index in [1.54, 1.807) is 23.0 Å². The van der Waals surface area contributed by atoms with E-state index >= 15 is 0 Å². The van der Waals surface area contributed by atoms with Gasteiger partial charge in [-0.05, 0) is 55.5 Å². The van der Waals surface area contributed by atoms with E-state index in [0.717, 1.165) is 74.7 Å². The van der Waals surface area contributed by atoms with Crippen LogP contribution >= 0.6 is 0 Å². The molecule has 0 saturated carbocycles. The molecule has 5 heterocycles. The van der Waals surface area contributed by atoms with Crippen LogP contribution < -0.4 is 20.3 Å². The minimum Gasteiger partial charge on any atom is -0.477 e. The van der Waals surface area contributed by atoms with Crippen LogP contribution in [0.15, 0.2) is 41.5 Å². The average Bonchev–Trinajstić information content (AvgIpc) is 3.45. The molecule has 3 aromatic rings. The number of nitrogens with zero attached hydrogens (tertiary/aromatic N) is 6. The normalized spacial score (nSPS) is 21.4. The Labute approximate surface area is 229 Å². The second kappa shape index (κ2) is 10.8. The molecule has 0 unspecified atom stereocenters. The number of rotatable bonds is 2. The lowest BCUT2D eigenvalue weighted by molar-refractivity contribution is 0.100. The van der Waals surface area contributed by atoms with Crippen LogP contribution in [0.5, 0.6) is 5.88 Å². The first kappa shape index (κ1) is 25.5. The quantitative estimate of drug-likeness (QED) is 0.522. The van der Waals surface area contributed by atoms with Gasteiger partial charge in [0.1, 0.15) is 0 Å². The van der Waals surface area contributed by atoms with E-state index in [9.17, 15) is 4.79 Å². The monoisotopic (exact) mass is 528 g/mol. The Hall–Kier alpha value is -3.76. The van der Waals surface area contributed by atoms with Gasteiger partial charge in [0.2, 0.25) is 11.8 Å². The average molecular weight is 529 g/mol. The van der Waals surface area contributed by atoms with Crippen molar-refractivity contribution in [3.63, 3.8) is 0 Å². The van der Waals surface area contributed by atoms with Crippen LogP contribution in [-0.2, 0) is 13.6 Å². The van der Waals surface area contributed by atoms with E-state index in [2.05, 4.69) is 60.6 Å². The van der Waals surface area contributed by atoms with Crippen LogP contribution in [0.4, 0.5) is 11.4 Å². The molecule has 0 radical (unpaired) electrons. The summed E-state index contributed by atoms with van der Waals surface area (Å²) in [5, 5.41) is 11.2. The van der Waals surface area contributed by atoms with Crippen LogP contribution in [0.25, 0.3) is 11.3 Å². The van der Waals surface area contributed by atoms with Crippen molar-refractivity contribution in [2.75, 3.05) is 49.5 Å². The van der Waals surface area contributed by atoms with Gasteiger partial charge in [0, 0.05) is 57.6 Å². The highest BCUT2D eigenvalue weighted by molar-refractivity contribution is 6.19. The van der Waals surface area contributed by atoms with Gasteiger partial charge in [-0.3, -0.25) is 14.7 Å². The van der Waals surface area contributed by atoms with Gasteiger partial charge in [-0.1, -0.05) is 13.0 Å². The fraction of sp³-hybridized carbons (Fsp3) is 0.448. The van der Waals surface area contributed by atoms with Crippen molar-refractivity contribution in [1.82, 2.24) is 25.0 Å². The summed E-state index contributed by atoms with van der Waals surface area (Å²) in [7, 11) is 1.86. The molecule has 1 atom stereocenters. The Morgan fingerprint density at radius 3 is 2.85 bits per heavy atom. The molecule has 3 aliphatic heterocycles. The van der Waals surface area contributed by atoms with Crippen molar-refractivity contribution >= 4 is 23.2 Å². The van der Waals surface area contributed by atoms with Crippen molar-refractivity contribution < 1.29 is 9.53 Å². The van der Waals surface area contributed by atoms with Crippen LogP contribution in [0.1, 0.15) is 41.4 Å². The summed E-state index contributed by atoms with van der Waals surface area (Å²) in [5.41, 5.74) is 5.97. The lowest BCUT2D eigenvalue weighted by Gasteiger charge is -2.28. The van der Waals surface area contributed by atoms with E-state index in [-0.39, 0.29) is 5.91 Å². The molecule has 0 aliphatic carbocycles. The molecule has 0 spiro atoms. The van der Waals surface area contributed by atoms with Gasteiger partial charge < -0.3 is 20.3 Å². The molecule has 10 heteroatoms. The van der Waals surface area contributed by atoms with E-state index in [4.69, 9.17) is 4.74 Å². The van der Waals surface area contributed by atoms with Gasteiger partial charge in [0.15, 0.2) is 0 Å². The summed E-state index contributed by atoms with van der Waals surface area (Å²) in [4.78, 5) is 27.5.